The summed E-state index contributed by atoms with van der Waals surface area (Å²) in [7, 11) is 0. The van der Waals surface area contributed by atoms with Crippen molar-refractivity contribution in [1.29, 1.82) is 0 Å². The minimum atomic E-state index is 0.422. The van der Waals surface area contributed by atoms with E-state index >= 15 is 0 Å². The molecule has 0 spiro atoms. The molecule has 0 aliphatic heterocycles. The molecule has 0 fully saturated rings. The fourth-order valence-electron chi connectivity index (χ4n) is 0.762. The maximum absolute atomic E-state index is 8.57. The Hall–Kier alpha value is -1.71. The molecule has 1 rings (SSSR count). The van der Waals surface area contributed by atoms with E-state index in [9.17, 15) is 0 Å². The molecule has 0 bridgehead atoms. The Morgan fingerprint density at radius 3 is 2.75 bits per heavy atom. The van der Waals surface area contributed by atoms with Gasteiger partial charge in [0.1, 0.15) is 5.71 Å². The van der Waals surface area contributed by atoms with Crippen molar-refractivity contribution >= 4 is 5.71 Å². The predicted molar refractivity (Wildman–Crippen MR) is 45.2 cm³/mol. The molecule has 0 saturated heterocycles. The number of aromatic nitrogens is 2. The number of nitrogens with zero attached hydrogens (tertiary/aromatic N) is 3. The molecule has 4 heteroatoms. The lowest BCUT2D eigenvalue weighted by molar-refractivity contribution is 0.318. The third kappa shape index (κ3) is 1.88. The van der Waals surface area contributed by atoms with Gasteiger partial charge in [-0.1, -0.05) is 11.2 Å². The van der Waals surface area contributed by atoms with Crippen LogP contribution in [0, 0.1) is 0 Å². The largest absolute Gasteiger partial charge is 0.411 e. The van der Waals surface area contributed by atoms with Gasteiger partial charge in [0.15, 0.2) is 5.82 Å². The first kappa shape index (κ1) is 8.39. The smallest absolute Gasteiger partial charge is 0.177 e. The maximum atomic E-state index is 8.57. The summed E-state index contributed by atoms with van der Waals surface area (Å²) < 4.78 is 0. The summed E-state index contributed by atoms with van der Waals surface area (Å²) in [5, 5.41) is 11.6. The first-order valence-corrected chi connectivity index (χ1v) is 3.47. The van der Waals surface area contributed by atoms with Gasteiger partial charge in [0.05, 0.1) is 0 Å². The zero-order valence-electron chi connectivity index (χ0n) is 6.51. The lowest BCUT2D eigenvalue weighted by Gasteiger charge is -1.96. The maximum Gasteiger partial charge on any atom is 0.177 e. The molecule has 0 unspecified atom stereocenters. The van der Waals surface area contributed by atoms with Crippen LogP contribution in [-0.2, 0) is 0 Å². The van der Waals surface area contributed by atoms with Gasteiger partial charge in [-0.3, -0.25) is 0 Å². The molecule has 1 aromatic heterocycles. The molecule has 1 N–H and O–H groups in total. The second-order valence-corrected chi connectivity index (χ2v) is 2.11. The van der Waals surface area contributed by atoms with Crippen molar-refractivity contribution in [3.8, 4) is 0 Å². The van der Waals surface area contributed by atoms with Gasteiger partial charge in [-0.15, -0.1) is 6.58 Å². The molecule has 0 amide bonds. The molecule has 0 radical (unpaired) electrons. The van der Waals surface area contributed by atoms with Crippen LogP contribution < -0.4 is 0 Å². The van der Waals surface area contributed by atoms with Gasteiger partial charge in [0.2, 0.25) is 0 Å². The molecule has 0 aliphatic rings. The first-order chi connectivity index (χ1) is 5.88. The van der Waals surface area contributed by atoms with Crippen molar-refractivity contribution in [2.75, 3.05) is 0 Å². The van der Waals surface area contributed by atoms with Crippen molar-refractivity contribution in [3.05, 3.63) is 36.9 Å². The van der Waals surface area contributed by atoms with Crippen molar-refractivity contribution in [2.45, 2.75) is 6.42 Å². The molecule has 1 heterocycles. The number of allylic oxidation sites excluding steroid dienone is 1. The minimum Gasteiger partial charge on any atom is -0.411 e. The van der Waals surface area contributed by atoms with E-state index in [-0.39, 0.29) is 0 Å². The van der Waals surface area contributed by atoms with E-state index in [0.29, 0.717) is 18.0 Å². The Morgan fingerprint density at radius 1 is 1.58 bits per heavy atom. The fourth-order valence-corrected chi connectivity index (χ4v) is 0.762. The fraction of sp³-hybridized carbons (Fsp3) is 0.125. The Morgan fingerprint density at radius 2 is 2.25 bits per heavy atom. The lowest BCUT2D eigenvalue weighted by atomic mass is 10.2. The summed E-state index contributed by atoms with van der Waals surface area (Å²) in [6.45, 7) is 3.53. The summed E-state index contributed by atoms with van der Waals surface area (Å²) in [6.07, 6.45) is 5.28. The molecular formula is C8H9N3O. The lowest BCUT2D eigenvalue weighted by Crippen LogP contribution is -2.04. The van der Waals surface area contributed by atoms with Crippen LogP contribution in [0.5, 0.6) is 0 Å². The van der Waals surface area contributed by atoms with Gasteiger partial charge >= 0.3 is 0 Å². The van der Waals surface area contributed by atoms with Crippen molar-refractivity contribution in [1.82, 2.24) is 9.97 Å². The van der Waals surface area contributed by atoms with E-state index in [1.165, 1.54) is 0 Å². The number of hydrogen-bond acceptors (Lipinski definition) is 4. The molecular weight excluding hydrogens is 154 g/mol. The molecule has 4 nitrogen and oxygen atoms in total. The normalized spacial score (nSPS) is 11.2. The highest BCUT2D eigenvalue weighted by molar-refractivity contribution is 5.97. The second kappa shape index (κ2) is 4.23. The molecule has 0 atom stereocenters. The average Bonchev–Trinajstić information content (AvgIpc) is 2.15. The van der Waals surface area contributed by atoms with Gasteiger partial charge in [0.25, 0.3) is 0 Å². The zero-order valence-corrected chi connectivity index (χ0v) is 6.51. The Labute approximate surface area is 70.3 Å². The van der Waals surface area contributed by atoms with Crippen LogP contribution in [0.4, 0.5) is 0 Å². The third-order valence-electron chi connectivity index (χ3n) is 1.28. The predicted octanol–water partition coefficient (Wildman–Crippen LogP) is 1.23. The highest BCUT2D eigenvalue weighted by Crippen LogP contribution is 1.96. The summed E-state index contributed by atoms with van der Waals surface area (Å²) in [5.74, 6) is 0.430. The van der Waals surface area contributed by atoms with Crippen LogP contribution in [0.15, 0.2) is 36.3 Å². The third-order valence-corrected chi connectivity index (χ3v) is 1.28. The van der Waals surface area contributed by atoms with Crippen LogP contribution >= 0.6 is 0 Å². The quantitative estimate of drug-likeness (QED) is 0.315. The molecule has 0 aromatic carbocycles. The van der Waals surface area contributed by atoms with E-state index in [1.807, 2.05) is 0 Å². The van der Waals surface area contributed by atoms with Gasteiger partial charge in [-0.25, -0.2) is 9.97 Å². The Bertz CT molecular complexity index is 282. The van der Waals surface area contributed by atoms with Crippen molar-refractivity contribution in [2.24, 2.45) is 5.16 Å². The van der Waals surface area contributed by atoms with Crippen LogP contribution in [0.1, 0.15) is 12.2 Å². The van der Waals surface area contributed by atoms with E-state index in [0.717, 1.165) is 0 Å². The SMILES string of the molecule is C=CCC(=NO)c1ncccn1. The second-order valence-electron chi connectivity index (χ2n) is 2.11. The first-order valence-electron chi connectivity index (χ1n) is 3.47. The number of oxime groups is 1. The molecule has 1 aromatic rings. The van der Waals surface area contributed by atoms with Gasteiger partial charge in [-0.05, 0) is 6.07 Å². The van der Waals surface area contributed by atoms with E-state index in [2.05, 4.69) is 21.7 Å². The highest BCUT2D eigenvalue weighted by atomic mass is 16.4. The summed E-state index contributed by atoms with van der Waals surface area (Å²) in [5.41, 5.74) is 0.422. The van der Waals surface area contributed by atoms with E-state index in [1.54, 1.807) is 24.5 Å². The highest BCUT2D eigenvalue weighted by Gasteiger charge is 2.03. The summed E-state index contributed by atoms with van der Waals surface area (Å²) in [6, 6.07) is 1.70. The van der Waals surface area contributed by atoms with Crippen LogP contribution in [0.2, 0.25) is 0 Å². The monoisotopic (exact) mass is 163 g/mol. The number of hydrogen-bond donors (Lipinski definition) is 1. The molecule has 0 saturated carbocycles. The minimum absolute atomic E-state index is 0.422. The van der Waals surface area contributed by atoms with E-state index < -0.39 is 0 Å². The van der Waals surface area contributed by atoms with E-state index in [4.69, 9.17) is 5.21 Å². The number of rotatable bonds is 3. The average molecular weight is 163 g/mol. The van der Waals surface area contributed by atoms with Crippen molar-refractivity contribution < 1.29 is 5.21 Å². The van der Waals surface area contributed by atoms with Gasteiger partial charge in [0, 0.05) is 18.8 Å². The Kier molecular flexibility index (Phi) is 2.95. The molecule has 12 heavy (non-hydrogen) atoms. The van der Waals surface area contributed by atoms with Crippen LogP contribution in [-0.4, -0.2) is 20.9 Å². The molecule has 0 aliphatic carbocycles. The van der Waals surface area contributed by atoms with Crippen LogP contribution in [0.3, 0.4) is 0 Å². The molecule has 62 valence electrons. The standard InChI is InChI=1S/C8H9N3O/c1-2-4-7(11-12)8-9-5-3-6-10-8/h2-3,5-6,12H,1,4H2. The van der Waals surface area contributed by atoms with Crippen molar-refractivity contribution in [3.63, 3.8) is 0 Å². The van der Waals surface area contributed by atoms with Gasteiger partial charge < -0.3 is 5.21 Å². The summed E-state index contributed by atoms with van der Waals surface area (Å²) >= 11 is 0. The summed E-state index contributed by atoms with van der Waals surface area (Å²) in [4.78, 5) is 7.84. The van der Waals surface area contributed by atoms with Crippen LogP contribution in [0.25, 0.3) is 0 Å². The van der Waals surface area contributed by atoms with Gasteiger partial charge in [-0.2, -0.15) is 0 Å². The Balaban J connectivity index is 2.88. The topological polar surface area (TPSA) is 58.4 Å². The zero-order chi connectivity index (χ0) is 8.81.